The third-order valence-corrected chi connectivity index (χ3v) is 2.56. The number of ether oxygens (including phenoxy) is 1. The van der Waals surface area contributed by atoms with Gasteiger partial charge in [0.25, 0.3) is 0 Å². The van der Waals surface area contributed by atoms with Crippen LogP contribution in [-0.4, -0.2) is 28.2 Å². The summed E-state index contributed by atoms with van der Waals surface area (Å²) in [6.07, 6.45) is 6.35. The SMILES string of the molecule is COc1cncc(-c2ccncc2)c1CC(=O)O. The van der Waals surface area contributed by atoms with E-state index in [-0.39, 0.29) is 6.42 Å². The van der Waals surface area contributed by atoms with E-state index in [0.29, 0.717) is 11.3 Å². The van der Waals surface area contributed by atoms with Gasteiger partial charge >= 0.3 is 5.97 Å². The fraction of sp³-hybridized carbons (Fsp3) is 0.154. The van der Waals surface area contributed by atoms with Crippen LogP contribution < -0.4 is 4.74 Å². The average Bonchev–Trinajstić information content (AvgIpc) is 2.39. The van der Waals surface area contributed by atoms with Crippen LogP contribution in [0.2, 0.25) is 0 Å². The summed E-state index contributed by atoms with van der Waals surface area (Å²) >= 11 is 0. The molecule has 5 heteroatoms. The van der Waals surface area contributed by atoms with Gasteiger partial charge < -0.3 is 9.84 Å². The summed E-state index contributed by atoms with van der Waals surface area (Å²) in [4.78, 5) is 18.9. The highest BCUT2D eigenvalue weighted by Crippen LogP contribution is 2.29. The number of pyridine rings is 2. The number of aromatic nitrogens is 2. The van der Waals surface area contributed by atoms with Gasteiger partial charge in [-0.05, 0) is 17.7 Å². The second-order valence-electron chi connectivity index (χ2n) is 3.67. The normalized spacial score (nSPS) is 10.1. The maximum atomic E-state index is 10.9. The molecule has 0 bridgehead atoms. The van der Waals surface area contributed by atoms with Crippen LogP contribution in [0.5, 0.6) is 5.75 Å². The Morgan fingerprint density at radius 3 is 2.61 bits per heavy atom. The lowest BCUT2D eigenvalue weighted by atomic mass is 10.00. The zero-order valence-corrected chi connectivity index (χ0v) is 9.83. The highest BCUT2D eigenvalue weighted by atomic mass is 16.5. The molecule has 2 heterocycles. The molecule has 2 rings (SSSR count). The van der Waals surface area contributed by atoms with E-state index < -0.39 is 5.97 Å². The molecule has 0 saturated carbocycles. The standard InChI is InChI=1S/C13H12N2O3/c1-18-12-8-15-7-11(10(12)6-13(16)17)9-2-4-14-5-3-9/h2-5,7-8H,6H2,1H3,(H,16,17). The van der Waals surface area contributed by atoms with Crippen molar-refractivity contribution in [1.29, 1.82) is 0 Å². The second kappa shape index (κ2) is 5.27. The van der Waals surface area contributed by atoms with Crippen LogP contribution in [-0.2, 0) is 11.2 Å². The average molecular weight is 244 g/mol. The van der Waals surface area contributed by atoms with Gasteiger partial charge in [-0.3, -0.25) is 14.8 Å². The maximum Gasteiger partial charge on any atom is 0.307 e. The van der Waals surface area contributed by atoms with Crippen LogP contribution in [0.25, 0.3) is 11.1 Å². The summed E-state index contributed by atoms with van der Waals surface area (Å²) < 4.78 is 5.17. The summed E-state index contributed by atoms with van der Waals surface area (Å²) in [5.74, 6) is -0.429. The van der Waals surface area contributed by atoms with Crippen molar-refractivity contribution in [3.63, 3.8) is 0 Å². The van der Waals surface area contributed by atoms with Crippen LogP contribution in [0, 0.1) is 0 Å². The number of aliphatic carboxylic acids is 1. The molecule has 2 aromatic rings. The van der Waals surface area contributed by atoms with Gasteiger partial charge in [0.1, 0.15) is 5.75 Å². The number of methoxy groups -OCH3 is 1. The van der Waals surface area contributed by atoms with E-state index in [0.717, 1.165) is 11.1 Å². The number of carboxylic acid groups (broad SMARTS) is 1. The van der Waals surface area contributed by atoms with Crippen molar-refractivity contribution in [2.24, 2.45) is 0 Å². The lowest BCUT2D eigenvalue weighted by Gasteiger charge is -2.11. The molecule has 18 heavy (non-hydrogen) atoms. The summed E-state index contributed by atoms with van der Waals surface area (Å²) in [6.45, 7) is 0. The first-order chi connectivity index (χ1) is 8.72. The minimum absolute atomic E-state index is 0.108. The van der Waals surface area contributed by atoms with E-state index in [1.165, 1.54) is 13.3 Å². The quantitative estimate of drug-likeness (QED) is 0.887. The monoisotopic (exact) mass is 244 g/mol. The Kier molecular flexibility index (Phi) is 3.52. The smallest absolute Gasteiger partial charge is 0.307 e. The molecule has 92 valence electrons. The molecule has 0 fully saturated rings. The predicted octanol–water partition coefficient (Wildman–Crippen LogP) is 1.78. The molecule has 0 aliphatic carbocycles. The van der Waals surface area contributed by atoms with Gasteiger partial charge in [-0.15, -0.1) is 0 Å². The van der Waals surface area contributed by atoms with E-state index >= 15 is 0 Å². The minimum atomic E-state index is -0.908. The maximum absolute atomic E-state index is 10.9. The van der Waals surface area contributed by atoms with Crippen molar-refractivity contribution in [2.75, 3.05) is 7.11 Å². The first-order valence-corrected chi connectivity index (χ1v) is 5.35. The lowest BCUT2D eigenvalue weighted by Crippen LogP contribution is -2.05. The van der Waals surface area contributed by atoms with Gasteiger partial charge in [0.2, 0.25) is 0 Å². The van der Waals surface area contributed by atoms with Gasteiger partial charge in [-0.1, -0.05) is 0 Å². The third kappa shape index (κ3) is 2.45. The number of carbonyl (C=O) groups is 1. The summed E-state index contributed by atoms with van der Waals surface area (Å²) in [6, 6.07) is 3.61. The van der Waals surface area contributed by atoms with Crippen molar-refractivity contribution in [3.05, 3.63) is 42.5 Å². The molecule has 0 spiro atoms. The van der Waals surface area contributed by atoms with Crippen LogP contribution in [0.3, 0.4) is 0 Å². The van der Waals surface area contributed by atoms with Crippen molar-refractivity contribution in [1.82, 2.24) is 9.97 Å². The minimum Gasteiger partial charge on any atom is -0.495 e. The highest BCUT2D eigenvalue weighted by molar-refractivity contribution is 5.78. The number of rotatable bonds is 4. The van der Waals surface area contributed by atoms with Crippen molar-refractivity contribution in [2.45, 2.75) is 6.42 Å². The second-order valence-corrected chi connectivity index (χ2v) is 3.67. The first-order valence-electron chi connectivity index (χ1n) is 5.35. The van der Waals surface area contributed by atoms with Crippen molar-refractivity contribution >= 4 is 5.97 Å². The Bertz CT molecular complexity index is 555. The fourth-order valence-corrected chi connectivity index (χ4v) is 1.76. The van der Waals surface area contributed by atoms with Gasteiger partial charge in [0.05, 0.1) is 19.7 Å². The molecule has 0 radical (unpaired) electrons. The molecule has 0 atom stereocenters. The van der Waals surface area contributed by atoms with Crippen LogP contribution in [0.15, 0.2) is 36.9 Å². The van der Waals surface area contributed by atoms with Gasteiger partial charge in [0.15, 0.2) is 0 Å². The molecule has 5 nitrogen and oxygen atoms in total. The Morgan fingerprint density at radius 1 is 1.28 bits per heavy atom. The number of hydrogen-bond acceptors (Lipinski definition) is 4. The number of hydrogen-bond donors (Lipinski definition) is 1. The largest absolute Gasteiger partial charge is 0.495 e. The lowest BCUT2D eigenvalue weighted by molar-refractivity contribution is -0.136. The zero-order chi connectivity index (χ0) is 13.0. The van der Waals surface area contributed by atoms with Crippen LogP contribution in [0.1, 0.15) is 5.56 Å². The van der Waals surface area contributed by atoms with Gasteiger partial charge in [0, 0.05) is 29.7 Å². The van der Waals surface area contributed by atoms with E-state index in [1.54, 1.807) is 18.6 Å². The molecule has 0 unspecified atom stereocenters. The Morgan fingerprint density at radius 2 is 2.00 bits per heavy atom. The van der Waals surface area contributed by atoms with Crippen molar-refractivity contribution in [3.8, 4) is 16.9 Å². The summed E-state index contributed by atoms with van der Waals surface area (Å²) in [5, 5.41) is 8.97. The summed E-state index contributed by atoms with van der Waals surface area (Å²) in [7, 11) is 1.50. The molecule has 0 aliphatic heterocycles. The molecule has 0 saturated heterocycles. The predicted molar refractivity (Wildman–Crippen MR) is 65.4 cm³/mol. The number of carboxylic acids is 1. The third-order valence-electron chi connectivity index (χ3n) is 2.56. The molecule has 1 N–H and O–H groups in total. The van der Waals surface area contributed by atoms with E-state index in [4.69, 9.17) is 9.84 Å². The zero-order valence-electron chi connectivity index (χ0n) is 9.83. The Labute approximate surface area is 104 Å². The highest BCUT2D eigenvalue weighted by Gasteiger charge is 2.14. The Hall–Kier alpha value is -2.43. The van der Waals surface area contributed by atoms with E-state index in [9.17, 15) is 4.79 Å². The van der Waals surface area contributed by atoms with E-state index in [2.05, 4.69) is 9.97 Å². The molecule has 0 aliphatic rings. The Balaban J connectivity index is 2.56. The van der Waals surface area contributed by atoms with Crippen LogP contribution >= 0.6 is 0 Å². The number of nitrogens with zero attached hydrogens (tertiary/aromatic N) is 2. The van der Waals surface area contributed by atoms with Crippen LogP contribution in [0.4, 0.5) is 0 Å². The topological polar surface area (TPSA) is 72.3 Å². The fourth-order valence-electron chi connectivity index (χ4n) is 1.76. The van der Waals surface area contributed by atoms with Gasteiger partial charge in [-0.25, -0.2) is 0 Å². The molecule has 2 aromatic heterocycles. The molecular formula is C13H12N2O3. The van der Waals surface area contributed by atoms with E-state index in [1.807, 2.05) is 12.1 Å². The van der Waals surface area contributed by atoms with Crippen molar-refractivity contribution < 1.29 is 14.6 Å². The summed E-state index contributed by atoms with van der Waals surface area (Å²) in [5.41, 5.74) is 2.23. The first kappa shape index (κ1) is 12.0. The molecular weight excluding hydrogens is 232 g/mol. The van der Waals surface area contributed by atoms with Gasteiger partial charge in [-0.2, -0.15) is 0 Å². The molecule has 0 aromatic carbocycles. The molecule has 0 amide bonds.